The topological polar surface area (TPSA) is 114 Å². The van der Waals surface area contributed by atoms with Gasteiger partial charge in [-0.15, -0.1) is 0 Å². The average molecular weight is 414 g/mol. The van der Waals surface area contributed by atoms with Crippen LogP contribution in [0.1, 0.15) is 23.9 Å². The number of furan rings is 1. The summed E-state index contributed by atoms with van der Waals surface area (Å²) in [4.78, 5) is 14.8. The van der Waals surface area contributed by atoms with Gasteiger partial charge < -0.3 is 14.9 Å². The highest BCUT2D eigenvalue weighted by molar-refractivity contribution is 5.99. The van der Waals surface area contributed by atoms with Gasteiger partial charge in [0.15, 0.2) is 0 Å². The summed E-state index contributed by atoms with van der Waals surface area (Å²) in [6.07, 6.45) is 3.38. The van der Waals surface area contributed by atoms with E-state index in [1.807, 2.05) is 54.6 Å². The summed E-state index contributed by atoms with van der Waals surface area (Å²) < 4.78 is 5.16. The summed E-state index contributed by atoms with van der Waals surface area (Å²) in [7, 11) is 0. The van der Waals surface area contributed by atoms with Gasteiger partial charge in [0, 0.05) is 11.1 Å². The Morgan fingerprint density at radius 3 is 2.61 bits per heavy atom. The molecular weight excluding hydrogens is 396 g/mol. The second-order valence-electron chi connectivity index (χ2n) is 6.77. The van der Waals surface area contributed by atoms with Crippen molar-refractivity contribution in [2.45, 2.75) is 6.92 Å². The molecule has 2 heterocycles. The maximum Gasteiger partial charge on any atom is 0.433 e. The van der Waals surface area contributed by atoms with E-state index in [1.54, 1.807) is 19.1 Å². The number of fused-ring (bicyclic) bond motifs is 1. The molecule has 0 spiro atoms. The summed E-state index contributed by atoms with van der Waals surface area (Å²) in [5.74, 6) is 0.0612. The number of oxime groups is 1. The van der Waals surface area contributed by atoms with Crippen molar-refractivity contribution in [2.24, 2.45) is 5.16 Å². The van der Waals surface area contributed by atoms with Crippen LogP contribution in [0.15, 0.2) is 76.3 Å². The lowest BCUT2D eigenvalue weighted by molar-refractivity contribution is -0.402. The van der Waals surface area contributed by atoms with Crippen molar-refractivity contribution in [2.75, 3.05) is 5.32 Å². The van der Waals surface area contributed by atoms with Gasteiger partial charge in [-0.05, 0) is 55.0 Å². The lowest BCUT2D eigenvalue weighted by Gasteiger charge is -2.11. The molecular formula is C23H18N4O4. The largest absolute Gasteiger partial charge is 0.433 e. The average Bonchev–Trinajstić information content (AvgIpc) is 3.27. The van der Waals surface area contributed by atoms with Crippen molar-refractivity contribution >= 4 is 46.0 Å². The van der Waals surface area contributed by atoms with Crippen molar-refractivity contribution in [3.05, 3.63) is 93.9 Å². The van der Waals surface area contributed by atoms with Crippen molar-refractivity contribution in [3.8, 4) is 0 Å². The van der Waals surface area contributed by atoms with Crippen LogP contribution >= 0.6 is 0 Å². The molecule has 0 atom stereocenters. The van der Waals surface area contributed by atoms with Gasteiger partial charge in [-0.2, -0.15) is 0 Å². The minimum Gasteiger partial charge on any atom is -0.411 e. The number of nitrogens with zero attached hydrogens (tertiary/aromatic N) is 3. The monoisotopic (exact) mass is 414 g/mol. The number of pyridine rings is 1. The number of nitrogens with one attached hydrogen (secondary N) is 1. The Bertz CT molecular complexity index is 1310. The van der Waals surface area contributed by atoms with Gasteiger partial charge in [0.2, 0.25) is 0 Å². The number of hydrogen-bond donors (Lipinski definition) is 2. The lowest BCUT2D eigenvalue weighted by atomic mass is 10.1. The number of aromatic nitrogens is 1. The van der Waals surface area contributed by atoms with Gasteiger partial charge >= 0.3 is 5.88 Å². The molecule has 8 nitrogen and oxygen atoms in total. The molecule has 4 rings (SSSR count). The smallest absolute Gasteiger partial charge is 0.411 e. The molecule has 2 aromatic carbocycles. The third-order valence-electron chi connectivity index (χ3n) is 4.68. The third kappa shape index (κ3) is 4.43. The summed E-state index contributed by atoms with van der Waals surface area (Å²) in [5, 5.41) is 27.3. The second-order valence-corrected chi connectivity index (χ2v) is 6.77. The zero-order valence-electron chi connectivity index (χ0n) is 16.5. The van der Waals surface area contributed by atoms with Crippen LogP contribution in [-0.4, -0.2) is 20.8 Å². The first-order chi connectivity index (χ1) is 15.0. The van der Waals surface area contributed by atoms with E-state index in [0.29, 0.717) is 17.2 Å². The Morgan fingerprint density at radius 2 is 1.90 bits per heavy atom. The van der Waals surface area contributed by atoms with Crippen molar-refractivity contribution in [3.63, 3.8) is 0 Å². The Hall–Kier alpha value is -4.46. The molecule has 0 saturated heterocycles. The number of hydrogen-bond acceptors (Lipinski definition) is 7. The van der Waals surface area contributed by atoms with Crippen LogP contribution in [0.4, 0.5) is 17.3 Å². The van der Waals surface area contributed by atoms with Crippen LogP contribution in [-0.2, 0) is 0 Å². The molecule has 154 valence electrons. The second kappa shape index (κ2) is 8.50. The maximum atomic E-state index is 10.8. The highest BCUT2D eigenvalue weighted by Crippen LogP contribution is 2.28. The standard InChI is InChI=1S/C23H18N4O4/c1-15(26-28)16-6-8-17(9-7-16)24-22-14-18(25-21-5-3-2-4-20(21)22)10-11-19-12-13-23(31-19)27(29)30/h2-14,28H,1H3,(H,24,25)/b11-10+,26-15+. The molecule has 0 aliphatic heterocycles. The highest BCUT2D eigenvalue weighted by Gasteiger charge is 2.10. The van der Waals surface area contributed by atoms with E-state index in [0.717, 1.165) is 27.8 Å². The minimum atomic E-state index is -0.577. The van der Waals surface area contributed by atoms with E-state index < -0.39 is 4.92 Å². The number of rotatable bonds is 6. The number of nitro groups is 1. The molecule has 0 aliphatic carbocycles. The molecule has 4 aromatic rings. The molecule has 0 radical (unpaired) electrons. The molecule has 0 bridgehead atoms. The van der Waals surface area contributed by atoms with E-state index in [4.69, 9.17) is 9.62 Å². The molecule has 8 heteroatoms. The molecule has 0 unspecified atom stereocenters. The minimum absolute atomic E-state index is 0.307. The summed E-state index contributed by atoms with van der Waals surface area (Å²) in [6.45, 7) is 1.73. The molecule has 31 heavy (non-hydrogen) atoms. The maximum absolute atomic E-state index is 10.8. The molecule has 0 fully saturated rings. The summed E-state index contributed by atoms with van der Waals surface area (Å²) in [6, 6.07) is 20.0. The van der Waals surface area contributed by atoms with E-state index in [9.17, 15) is 10.1 Å². The number of anilines is 2. The first kappa shape index (κ1) is 19.8. The summed E-state index contributed by atoms with van der Waals surface area (Å²) >= 11 is 0. The van der Waals surface area contributed by atoms with Gasteiger partial charge in [-0.3, -0.25) is 10.1 Å². The molecule has 0 aliphatic rings. The quantitative estimate of drug-likeness (QED) is 0.177. The zero-order valence-corrected chi connectivity index (χ0v) is 16.5. The van der Waals surface area contributed by atoms with Crippen LogP contribution in [0.2, 0.25) is 0 Å². The number of para-hydroxylation sites is 1. The van der Waals surface area contributed by atoms with Crippen molar-refractivity contribution in [1.29, 1.82) is 0 Å². The Balaban J connectivity index is 1.66. The van der Waals surface area contributed by atoms with Crippen molar-refractivity contribution in [1.82, 2.24) is 4.98 Å². The van der Waals surface area contributed by atoms with Crippen LogP contribution in [0.25, 0.3) is 23.1 Å². The first-order valence-electron chi connectivity index (χ1n) is 9.42. The van der Waals surface area contributed by atoms with E-state index in [-0.39, 0.29) is 5.88 Å². The first-order valence-corrected chi connectivity index (χ1v) is 9.42. The van der Waals surface area contributed by atoms with Crippen LogP contribution in [0.3, 0.4) is 0 Å². The zero-order chi connectivity index (χ0) is 21.8. The fraction of sp³-hybridized carbons (Fsp3) is 0.0435. The summed E-state index contributed by atoms with van der Waals surface area (Å²) in [5.41, 5.74) is 4.55. The van der Waals surface area contributed by atoms with Crippen LogP contribution < -0.4 is 5.32 Å². The predicted octanol–water partition coefficient (Wildman–Crippen LogP) is 5.85. The fourth-order valence-corrected chi connectivity index (χ4v) is 3.09. The van der Waals surface area contributed by atoms with E-state index >= 15 is 0 Å². The fourth-order valence-electron chi connectivity index (χ4n) is 3.09. The molecule has 2 aromatic heterocycles. The highest BCUT2D eigenvalue weighted by atomic mass is 16.6. The molecule has 0 amide bonds. The normalized spacial score (nSPS) is 11.8. The van der Waals surface area contributed by atoms with Gasteiger partial charge in [0.05, 0.1) is 28.7 Å². The Kier molecular flexibility index (Phi) is 5.44. The van der Waals surface area contributed by atoms with Gasteiger partial charge in [0.25, 0.3) is 0 Å². The van der Waals surface area contributed by atoms with E-state index in [1.165, 1.54) is 12.1 Å². The van der Waals surface area contributed by atoms with E-state index in [2.05, 4.69) is 15.5 Å². The molecule has 2 N–H and O–H groups in total. The van der Waals surface area contributed by atoms with Gasteiger partial charge in [-0.25, -0.2) is 4.98 Å². The lowest BCUT2D eigenvalue weighted by Crippen LogP contribution is -1.97. The Morgan fingerprint density at radius 1 is 1.13 bits per heavy atom. The predicted molar refractivity (Wildman–Crippen MR) is 120 cm³/mol. The Labute approximate surface area is 177 Å². The third-order valence-corrected chi connectivity index (χ3v) is 4.68. The number of benzene rings is 2. The van der Waals surface area contributed by atoms with Gasteiger partial charge in [0.1, 0.15) is 10.7 Å². The molecule has 0 saturated carbocycles. The van der Waals surface area contributed by atoms with Crippen LogP contribution in [0.5, 0.6) is 0 Å². The van der Waals surface area contributed by atoms with Crippen molar-refractivity contribution < 1.29 is 14.5 Å². The van der Waals surface area contributed by atoms with Gasteiger partial charge in [-0.1, -0.05) is 35.5 Å². The van der Waals surface area contributed by atoms with Crippen LogP contribution in [0, 0.1) is 10.1 Å². The SMILES string of the molecule is C/C(=N\O)c1ccc(Nc2cc(/C=C/c3ccc([N+](=O)[O-])o3)nc3ccccc23)cc1.